The van der Waals surface area contributed by atoms with Crippen molar-refractivity contribution in [3.8, 4) is 0 Å². The molecule has 0 bridgehead atoms. The van der Waals surface area contributed by atoms with E-state index in [0.29, 0.717) is 5.02 Å². The lowest BCUT2D eigenvalue weighted by molar-refractivity contribution is -0.126. The first-order valence-electron chi connectivity index (χ1n) is 8.28. The number of aromatic amines is 1. The maximum absolute atomic E-state index is 12.5. The number of hydrogen-bond acceptors (Lipinski definition) is 4. The van der Waals surface area contributed by atoms with Gasteiger partial charge >= 0.3 is 0 Å². The van der Waals surface area contributed by atoms with Crippen LogP contribution >= 0.6 is 11.6 Å². The molecule has 0 saturated carbocycles. The fraction of sp³-hybridized carbons (Fsp3) is 0.316. The molecule has 7 heteroatoms. The normalized spacial score (nSPS) is 13.3. The summed E-state index contributed by atoms with van der Waals surface area (Å²) in [7, 11) is 0. The third-order valence-corrected chi connectivity index (χ3v) is 5.01. The molecule has 0 radical (unpaired) electrons. The molecule has 3 rings (SSSR count). The monoisotopic (exact) mass is 376 g/mol. The highest BCUT2D eigenvalue weighted by Gasteiger charge is 2.32. The van der Waals surface area contributed by atoms with Crippen LogP contribution in [0.15, 0.2) is 36.4 Å². The fourth-order valence-corrected chi connectivity index (χ4v) is 3.12. The summed E-state index contributed by atoms with van der Waals surface area (Å²) in [5.74, 6) is -0.918. The topological polar surface area (TPSA) is 106 Å². The number of carbonyl (C=O) groups excluding carboxylic acids is 1. The number of aliphatic hydroxyl groups is 3. The molecule has 0 unspecified atom stereocenters. The van der Waals surface area contributed by atoms with Gasteiger partial charge in [0, 0.05) is 26.8 Å². The summed E-state index contributed by atoms with van der Waals surface area (Å²) < 4.78 is 0. The second-order valence-corrected chi connectivity index (χ2v) is 7.02. The second kappa shape index (κ2) is 7.25. The van der Waals surface area contributed by atoms with Crippen molar-refractivity contribution in [2.24, 2.45) is 0 Å². The molecule has 1 atom stereocenters. The zero-order chi connectivity index (χ0) is 18.9. The lowest BCUT2D eigenvalue weighted by Gasteiger charge is -2.30. The minimum absolute atomic E-state index is 0.388. The lowest BCUT2D eigenvalue weighted by atomic mass is 9.96. The van der Waals surface area contributed by atoms with Crippen LogP contribution in [0, 0.1) is 0 Å². The predicted octanol–water partition coefficient (Wildman–Crippen LogP) is 1.91. The van der Waals surface area contributed by atoms with Crippen molar-refractivity contribution < 1.29 is 20.1 Å². The van der Waals surface area contributed by atoms with Crippen molar-refractivity contribution in [2.45, 2.75) is 18.4 Å². The van der Waals surface area contributed by atoms with Crippen molar-refractivity contribution in [1.29, 1.82) is 0 Å². The van der Waals surface area contributed by atoms with E-state index in [9.17, 15) is 20.1 Å². The summed E-state index contributed by atoms with van der Waals surface area (Å²) in [5, 5.41) is 33.3. The minimum Gasteiger partial charge on any atom is -0.394 e. The average molecular weight is 377 g/mol. The number of aliphatic hydroxyl groups excluding tert-OH is 3. The van der Waals surface area contributed by atoms with Crippen LogP contribution in [0.4, 0.5) is 0 Å². The Kier molecular flexibility index (Phi) is 5.20. The first-order valence-corrected chi connectivity index (χ1v) is 8.66. The summed E-state index contributed by atoms with van der Waals surface area (Å²) in [6.45, 7) is 0.0632. The first kappa shape index (κ1) is 18.7. The van der Waals surface area contributed by atoms with Crippen molar-refractivity contribution in [3.05, 3.63) is 47.0 Å². The van der Waals surface area contributed by atoms with E-state index < -0.39 is 31.3 Å². The van der Waals surface area contributed by atoms with E-state index in [1.54, 1.807) is 6.92 Å². The third kappa shape index (κ3) is 3.29. The SMILES string of the molecule is C[C@@H](C(=O)NC(CO)(CO)CO)c1ccc2c(c1)[nH]c1ccc(Cl)cc12. The van der Waals surface area contributed by atoms with E-state index >= 15 is 0 Å². The summed E-state index contributed by atoms with van der Waals surface area (Å²) >= 11 is 6.07. The van der Waals surface area contributed by atoms with Gasteiger partial charge in [0.25, 0.3) is 0 Å². The van der Waals surface area contributed by atoms with E-state index in [1.807, 2.05) is 36.4 Å². The van der Waals surface area contributed by atoms with Gasteiger partial charge in [-0.3, -0.25) is 4.79 Å². The van der Waals surface area contributed by atoms with Crippen LogP contribution in [0.1, 0.15) is 18.4 Å². The number of fused-ring (bicyclic) bond motifs is 3. The quantitative estimate of drug-likeness (QED) is 0.453. The van der Waals surface area contributed by atoms with Gasteiger partial charge < -0.3 is 25.6 Å². The molecule has 0 spiro atoms. The van der Waals surface area contributed by atoms with Gasteiger partial charge in [0.15, 0.2) is 0 Å². The molecule has 6 nitrogen and oxygen atoms in total. The van der Waals surface area contributed by atoms with E-state index in [2.05, 4.69) is 10.3 Å². The molecule has 2 aromatic carbocycles. The predicted molar refractivity (Wildman–Crippen MR) is 101 cm³/mol. The summed E-state index contributed by atoms with van der Waals surface area (Å²) in [5.41, 5.74) is 1.18. The zero-order valence-corrected chi connectivity index (χ0v) is 15.0. The first-order chi connectivity index (χ1) is 12.4. The molecule has 0 saturated heterocycles. The highest BCUT2D eigenvalue weighted by atomic mass is 35.5. The van der Waals surface area contributed by atoms with Gasteiger partial charge in [-0.05, 0) is 36.8 Å². The van der Waals surface area contributed by atoms with Crippen LogP contribution in [0.25, 0.3) is 21.8 Å². The van der Waals surface area contributed by atoms with Gasteiger partial charge in [-0.25, -0.2) is 0 Å². The van der Waals surface area contributed by atoms with Gasteiger partial charge in [-0.2, -0.15) is 0 Å². The molecule has 138 valence electrons. The maximum atomic E-state index is 12.5. The van der Waals surface area contributed by atoms with Gasteiger partial charge in [0.05, 0.1) is 25.7 Å². The van der Waals surface area contributed by atoms with E-state index in [-0.39, 0.29) is 5.91 Å². The molecule has 3 aromatic rings. The average Bonchev–Trinajstić information content (AvgIpc) is 3.02. The number of aromatic nitrogens is 1. The standard InChI is InChI=1S/C19H21ClN2O4/c1-11(18(26)22-19(8-23,9-24)10-25)12-2-4-14-15-7-13(20)3-5-16(15)21-17(14)6-12/h2-7,11,21,23-25H,8-10H2,1H3,(H,22,26)/t11-/m1/s1. The number of H-pyrrole nitrogens is 1. The highest BCUT2D eigenvalue weighted by Crippen LogP contribution is 2.30. The molecule has 0 aliphatic rings. The third-order valence-electron chi connectivity index (χ3n) is 4.77. The highest BCUT2D eigenvalue weighted by molar-refractivity contribution is 6.31. The molecule has 0 fully saturated rings. The molecular weight excluding hydrogens is 356 g/mol. The summed E-state index contributed by atoms with van der Waals surface area (Å²) in [6, 6.07) is 11.3. The Morgan fingerprint density at radius 3 is 2.42 bits per heavy atom. The number of benzene rings is 2. The second-order valence-electron chi connectivity index (χ2n) is 6.59. The van der Waals surface area contributed by atoms with Crippen molar-refractivity contribution in [3.63, 3.8) is 0 Å². The number of rotatable bonds is 6. The van der Waals surface area contributed by atoms with E-state index in [0.717, 1.165) is 27.4 Å². The Bertz CT molecular complexity index is 941. The Labute approximate surface area is 155 Å². The molecule has 26 heavy (non-hydrogen) atoms. The number of carbonyl (C=O) groups is 1. The Balaban J connectivity index is 1.92. The van der Waals surface area contributed by atoms with Crippen LogP contribution in [-0.2, 0) is 4.79 Å². The van der Waals surface area contributed by atoms with E-state index in [4.69, 9.17) is 11.6 Å². The van der Waals surface area contributed by atoms with Crippen LogP contribution in [0.2, 0.25) is 5.02 Å². The maximum Gasteiger partial charge on any atom is 0.227 e. The molecule has 0 aliphatic carbocycles. The fourth-order valence-electron chi connectivity index (χ4n) is 2.95. The van der Waals surface area contributed by atoms with Crippen molar-refractivity contribution in [1.82, 2.24) is 10.3 Å². The van der Waals surface area contributed by atoms with Gasteiger partial charge in [-0.1, -0.05) is 23.7 Å². The Morgan fingerprint density at radius 2 is 1.77 bits per heavy atom. The molecule has 1 amide bonds. The van der Waals surface area contributed by atoms with Crippen molar-refractivity contribution in [2.75, 3.05) is 19.8 Å². The number of nitrogens with one attached hydrogen (secondary N) is 2. The smallest absolute Gasteiger partial charge is 0.227 e. The molecule has 1 heterocycles. The number of amides is 1. The summed E-state index contributed by atoms with van der Waals surface area (Å²) in [6.07, 6.45) is 0. The van der Waals surface area contributed by atoms with Gasteiger partial charge in [0.1, 0.15) is 5.54 Å². The lowest BCUT2D eigenvalue weighted by Crippen LogP contribution is -2.57. The summed E-state index contributed by atoms with van der Waals surface area (Å²) in [4.78, 5) is 15.8. The Morgan fingerprint density at radius 1 is 1.08 bits per heavy atom. The van der Waals surface area contributed by atoms with Gasteiger partial charge in [-0.15, -0.1) is 0 Å². The molecule has 0 aliphatic heterocycles. The Hall–Kier alpha value is -2.12. The molecule has 5 N–H and O–H groups in total. The van der Waals surface area contributed by atoms with E-state index in [1.165, 1.54) is 0 Å². The zero-order valence-electron chi connectivity index (χ0n) is 14.3. The van der Waals surface area contributed by atoms with Crippen LogP contribution in [-0.4, -0.2) is 51.6 Å². The van der Waals surface area contributed by atoms with Gasteiger partial charge in [0.2, 0.25) is 5.91 Å². The molecule has 1 aromatic heterocycles. The van der Waals surface area contributed by atoms with Crippen molar-refractivity contribution >= 4 is 39.3 Å². The van der Waals surface area contributed by atoms with Crippen LogP contribution in [0.5, 0.6) is 0 Å². The number of hydrogen-bond donors (Lipinski definition) is 5. The van der Waals surface area contributed by atoms with Crippen LogP contribution < -0.4 is 5.32 Å². The largest absolute Gasteiger partial charge is 0.394 e. The number of halogens is 1. The van der Waals surface area contributed by atoms with Crippen LogP contribution in [0.3, 0.4) is 0 Å². The minimum atomic E-state index is -1.44. The molecular formula is C19H21ClN2O4.